The lowest BCUT2D eigenvalue weighted by Crippen LogP contribution is -2.50. The van der Waals surface area contributed by atoms with Crippen LogP contribution in [0.3, 0.4) is 0 Å². The normalized spacial score (nSPS) is 16.9. The van der Waals surface area contributed by atoms with Crippen molar-refractivity contribution in [2.24, 2.45) is 0 Å². The average Bonchev–Trinajstić information content (AvgIpc) is 3.82. The Hall–Kier alpha value is -4.69. The van der Waals surface area contributed by atoms with Gasteiger partial charge in [0.05, 0.1) is 31.0 Å². The number of aromatic nitrogens is 1. The minimum absolute atomic E-state index is 0.0000963. The fourth-order valence-corrected chi connectivity index (χ4v) is 5.63. The van der Waals surface area contributed by atoms with E-state index in [2.05, 4.69) is 10.6 Å². The van der Waals surface area contributed by atoms with Gasteiger partial charge in [-0.2, -0.15) is 0 Å². The number of carboxylic acids is 1. The van der Waals surface area contributed by atoms with Crippen LogP contribution in [0.15, 0.2) is 28.5 Å². The summed E-state index contributed by atoms with van der Waals surface area (Å²) < 4.78 is 49.3. The predicted molar refractivity (Wildman–Crippen MR) is 176 cm³/mol. The molecule has 1 aromatic carbocycles. The van der Waals surface area contributed by atoms with Gasteiger partial charge in [-0.25, -0.2) is 18.4 Å². The van der Waals surface area contributed by atoms with Gasteiger partial charge in [0.25, 0.3) is 0 Å². The van der Waals surface area contributed by atoms with E-state index in [1.807, 2.05) is 0 Å². The smallest absolute Gasteiger partial charge is 0.408 e. The highest BCUT2D eigenvalue weighted by Crippen LogP contribution is 2.44. The van der Waals surface area contributed by atoms with Gasteiger partial charge < -0.3 is 39.4 Å². The molecule has 15 heteroatoms. The monoisotopic (exact) mass is 690 g/mol. The van der Waals surface area contributed by atoms with Crippen LogP contribution in [0.2, 0.25) is 0 Å². The lowest BCUT2D eigenvalue weighted by atomic mass is 10.0. The van der Waals surface area contributed by atoms with Gasteiger partial charge in [-0.3, -0.25) is 14.4 Å². The number of piperidine rings is 1. The maximum absolute atomic E-state index is 15.8. The van der Waals surface area contributed by atoms with Gasteiger partial charge in [0.15, 0.2) is 11.6 Å². The van der Waals surface area contributed by atoms with Gasteiger partial charge in [0.1, 0.15) is 34.3 Å². The highest BCUT2D eigenvalue weighted by atomic mass is 19.1. The molecule has 4 rings (SSSR count). The summed E-state index contributed by atoms with van der Waals surface area (Å²) in [6.45, 7) is 9.52. The van der Waals surface area contributed by atoms with Gasteiger partial charge in [-0.15, -0.1) is 0 Å². The van der Waals surface area contributed by atoms with Gasteiger partial charge in [-0.1, -0.05) is 0 Å². The third-order valence-corrected chi connectivity index (χ3v) is 7.78. The first-order chi connectivity index (χ1) is 22.8. The molecule has 1 atom stereocenters. The zero-order chi connectivity index (χ0) is 36.4. The summed E-state index contributed by atoms with van der Waals surface area (Å²) in [5.41, 5.74) is -2.51. The molecule has 1 saturated carbocycles. The van der Waals surface area contributed by atoms with Crippen LogP contribution in [0.25, 0.3) is 10.9 Å². The third-order valence-electron chi connectivity index (χ3n) is 7.78. The molecule has 3 N–H and O–H groups in total. The molecule has 2 heterocycles. The van der Waals surface area contributed by atoms with Crippen molar-refractivity contribution in [3.05, 3.63) is 45.3 Å². The number of fused-ring (bicyclic) bond motifs is 1. The minimum Gasteiger partial charge on any atom is -0.492 e. The third kappa shape index (κ3) is 9.27. The van der Waals surface area contributed by atoms with Crippen LogP contribution < -0.4 is 25.7 Å². The molecule has 0 unspecified atom stereocenters. The molecule has 2 aliphatic rings. The summed E-state index contributed by atoms with van der Waals surface area (Å²) in [6, 6.07) is -0.514. The van der Waals surface area contributed by atoms with E-state index in [0.717, 1.165) is 18.9 Å². The van der Waals surface area contributed by atoms with Crippen LogP contribution >= 0.6 is 0 Å². The van der Waals surface area contributed by atoms with Crippen LogP contribution in [0.5, 0.6) is 5.75 Å². The van der Waals surface area contributed by atoms with Crippen LogP contribution in [-0.4, -0.2) is 77.6 Å². The second-order valence-electron chi connectivity index (χ2n) is 14.2. The van der Waals surface area contributed by atoms with Crippen LogP contribution in [0.1, 0.15) is 90.0 Å². The van der Waals surface area contributed by atoms with Crippen LogP contribution in [0, 0.1) is 5.82 Å². The Morgan fingerprint density at radius 3 is 2.31 bits per heavy atom. The summed E-state index contributed by atoms with van der Waals surface area (Å²) >= 11 is 0. The van der Waals surface area contributed by atoms with E-state index in [1.54, 1.807) is 51.0 Å². The molecule has 2 aromatic rings. The maximum Gasteiger partial charge on any atom is 0.408 e. The first-order valence-corrected chi connectivity index (χ1v) is 16.1. The number of halogens is 2. The van der Waals surface area contributed by atoms with E-state index in [9.17, 15) is 29.1 Å². The Kier molecular flexibility index (Phi) is 10.9. The first kappa shape index (κ1) is 37.1. The van der Waals surface area contributed by atoms with Gasteiger partial charge >= 0.3 is 18.0 Å². The predicted octanol–water partition coefficient (Wildman–Crippen LogP) is 4.75. The maximum atomic E-state index is 15.8. The summed E-state index contributed by atoms with van der Waals surface area (Å²) in [7, 11) is 1.32. The van der Waals surface area contributed by atoms with Crippen molar-refractivity contribution in [1.82, 2.24) is 15.2 Å². The molecule has 0 spiro atoms. The quantitative estimate of drug-likeness (QED) is 0.297. The van der Waals surface area contributed by atoms with Crippen molar-refractivity contribution in [3.8, 4) is 5.75 Å². The zero-order valence-corrected chi connectivity index (χ0v) is 28.8. The number of benzene rings is 1. The second kappa shape index (κ2) is 14.4. The Morgan fingerprint density at radius 1 is 1.08 bits per heavy atom. The molecular weight excluding hydrogens is 646 g/mol. The van der Waals surface area contributed by atoms with Crippen molar-refractivity contribution >= 4 is 40.5 Å². The van der Waals surface area contributed by atoms with Crippen molar-refractivity contribution in [1.29, 1.82) is 0 Å². The topological polar surface area (TPSA) is 166 Å². The number of ether oxygens (including phenoxy) is 3. The number of pyridine rings is 1. The zero-order valence-electron chi connectivity index (χ0n) is 28.8. The Balaban J connectivity index is 1.58. The Labute approximate surface area is 282 Å². The first-order valence-electron chi connectivity index (χ1n) is 16.1. The SMILES string of the molecule is COc1c(N2CCCC(=C(F)CNC(=O)[C@H](CC(=O)OC(C)(C)C)NC(=O)OC(C)(C)C)C2)c(F)cc2c(=O)c(C(=O)O)cn(C3CC3)c12. The fourth-order valence-electron chi connectivity index (χ4n) is 5.63. The van der Waals surface area contributed by atoms with E-state index in [0.29, 0.717) is 19.4 Å². The molecule has 49 heavy (non-hydrogen) atoms. The average molecular weight is 691 g/mol. The van der Waals surface area contributed by atoms with E-state index in [-0.39, 0.29) is 40.5 Å². The van der Waals surface area contributed by atoms with Crippen LogP contribution in [0.4, 0.5) is 19.3 Å². The largest absolute Gasteiger partial charge is 0.492 e. The summed E-state index contributed by atoms with van der Waals surface area (Å²) in [6.07, 6.45) is 1.99. The number of carbonyl (C=O) groups is 4. The lowest BCUT2D eigenvalue weighted by molar-refractivity contribution is -0.156. The van der Waals surface area contributed by atoms with E-state index in [1.165, 1.54) is 13.3 Å². The Morgan fingerprint density at radius 2 is 1.73 bits per heavy atom. The lowest BCUT2D eigenvalue weighted by Gasteiger charge is -2.33. The Bertz CT molecular complexity index is 1710. The molecule has 1 saturated heterocycles. The number of anilines is 1. The van der Waals surface area contributed by atoms with Crippen molar-refractivity contribution in [2.45, 2.75) is 96.9 Å². The van der Waals surface area contributed by atoms with Crippen molar-refractivity contribution in [3.63, 3.8) is 0 Å². The number of methoxy groups -OCH3 is 1. The van der Waals surface area contributed by atoms with E-state index in [4.69, 9.17) is 14.2 Å². The molecule has 1 aliphatic carbocycles. The molecule has 0 radical (unpaired) electrons. The van der Waals surface area contributed by atoms with Crippen molar-refractivity contribution < 1.29 is 47.3 Å². The van der Waals surface area contributed by atoms with Crippen LogP contribution in [-0.2, 0) is 19.1 Å². The standard InChI is InChI=1S/C34H44F2N4O9/c1-33(2,3)48-25(41)14-24(38-32(46)49-34(4,5)6)30(43)37-15-23(36)18-9-8-12-39(16-18)27-22(35)13-20-26(29(27)47-7)40(19-10-11-19)17-21(28(20)42)31(44)45/h13,17,19,24H,8-12,14-16H2,1-7H3,(H,37,43)(H,38,46)(H,44,45)/t24-/m0/s1. The molecule has 0 bridgehead atoms. The van der Waals surface area contributed by atoms with Gasteiger partial charge in [0.2, 0.25) is 11.3 Å². The number of nitrogens with one attached hydrogen (secondary N) is 2. The highest BCUT2D eigenvalue weighted by molar-refractivity contribution is 5.97. The second-order valence-corrected chi connectivity index (χ2v) is 14.2. The van der Waals surface area contributed by atoms with Gasteiger partial charge in [-0.05, 0) is 78.9 Å². The number of nitrogens with zero attached hydrogens (tertiary/aromatic N) is 2. The minimum atomic E-state index is -1.42. The summed E-state index contributed by atoms with van der Waals surface area (Å²) in [4.78, 5) is 64.5. The number of carboxylic acid groups (broad SMARTS) is 1. The number of esters is 1. The fraction of sp³-hybridized carbons (Fsp3) is 0.559. The molecule has 2 amide bonds. The van der Waals surface area contributed by atoms with E-state index >= 15 is 8.78 Å². The van der Waals surface area contributed by atoms with Crippen molar-refractivity contribution in [2.75, 3.05) is 31.6 Å². The number of aromatic carboxylic acids is 1. The molecule has 1 aromatic heterocycles. The number of rotatable bonds is 10. The summed E-state index contributed by atoms with van der Waals surface area (Å²) in [5.74, 6) is -4.52. The number of amides is 2. The number of hydrogen-bond acceptors (Lipinski definition) is 9. The molecule has 268 valence electrons. The molecular formula is C34H44F2N4O9. The number of carbonyl (C=O) groups excluding carboxylic acids is 3. The van der Waals surface area contributed by atoms with E-state index < -0.39 is 76.8 Å². The van der Waals surface area contributed by atoms with Gasteiger partial charge in [0, 0.05) is 25.3 Å². The number of hydrogen-bond donors (Lipinski definition) is 3. The molecule has 1 aliphatic heterocycles. The number of alkyl carbamates (subject to hydrolysis) is 1. The highest BCUT2D eigenvalue weighted by Gasteiger charge is 2.33. The molecule has 2 fully saturated rings. The summed E-state index contributed by atoms with van der Waals surface area (Å²) in [5, 5.41) is 14.2. The molecule has 13 nitrogen and oxygen atoms in total.